The third-order valence-corrected chi connectivity index (χ3v) is 5.55. The zero-order valence-electron chi connectivity index (χ0n) is 17.5. The van der Waals surface area contributed by atoms with Crippen molar-refractivity contribution < 1.29 is 14.3 Å². The van der Waals surface area contributed by atoms with E-state index in [0.717, 1.165) is 43.5 Å². The van der Waals surface area contributed by atoms with Crippen molar-refractivity contribution in [3.8, 4) is 5.75 Å². The van der Waals surface area contributed by atoms with Gasteiger partial charge in [-0.1, -0.05) is 31.2 Å². The minimum absolute atomic E-state index is 0.0240. The van der Waals surface area contributed by atoms with Crippen LogP contribution in [0.1, 0.15) is 54.1 Å². The molecule has 1 heterocycles. The number of anilines is 1. The number of para-hydroxylation sites is 1. The molecule has 3 rings (SSSR count). The number of benzene rings is 2. The first-order valence-corrected chi connectivity index (χ1v) is 10.4. The van der Waals surface area contributed by atoms with Gasteiger partial charge in [0.15, 0.2) is 6.10 Å². The molecule has 1 aliphatic rings. The van der Waals surface area contributed by atoms with Crippen LogP contribution in [0.25, 0.3) is 0 Å². The van der Waals surface area contributed by atoms with Crippen LogP contribution in [0.4, 0.5) is 5.69 Å². The standard InChI is InChI=1S/C24H30N2O3/c1-4-21(29-22-14-10-11-17(2)18(22)3)23(27)25-20-13-7-6-12-19(20)24(28)26-15-8-5-9-16-26/h6-7,10-14,21H,4-5,8-9,15-16H2,1-3H3,(H,25,27)/t21-/m1/s1. The van der Waals surface area contributed by atoms with E-state index in [1.54, 1.807) is 12.1 Å². The lowest BCUT2D eigenvalue weighted by molar-refractivity contribution is -0.122. The predicted octanol–water partition coefficient (Wildman–Crippen LogP) is 4.73. The van der Waals surface area contributed by atoms with Gasteiger partial charge in [-0.3, -0.25) is 9.59 Å². The highest BCUT2D eigenvalue weighted by atomic mass is 16.5. The number of ether oxygens (including phenoxy) is 1. The van der Waals surface area contributed by atoms with Crippen LogP contribution < -0.4 is 10.1 Å². The van der Waals surface area contributed by atoms with E-state index in [1.807, 2.05) is 56.0 Å². The number of rotatable bonds is 6. The molecule has 2 aromatic carbocycles. The van der Waals surface area contributed by atoms with Crippen molar-refractivity contribution in [1.82, 2.24) is 4.90 Å². The van der Waals surface area contributed by atoms with Gasteiger partial charge < -0.3 is 15.0 Å². The van der Waals surface area contributed by atoms with Crippen molar-refractivity contribution in [2.75, 3.05) is 18.4 Å². The number of likely N-dealkylation sites (tertiary alicyclic amines) is 1. The number of nitrogens with zero attached hydrogens (tertiary/aromatic N) is 1. The molecule has 1 saturated heterocycles. The van der Waals surface area contributed by atoms with Gasteiger partial charge in [0.25, 0.3) is 11.8 Å². The maximum atomic E-state index is 13.0. The summed E-state index contributed by atoms with van der Waals surface area (Å²) < 4.78 is 6.02. The number of amides is 2. The Kier molecular flexibility index (Phi) is 6.91. The van der Waals surface area contributed by atoms with E-state index < -0.39 is 6.10 Å². The summed E-state index contributed by atoms with van der Waals surface area (Å²) in [7, 11) is 0. The first kappa shape index (κ1) is 20.9. The zero-order chi connectivity index (χ0) is 20.8. The molecule has 0 radical (unpaired) electrons. The van der Waals surface area contributed by atoms with Gasteiger partial charge in [0.05, 0.1) is 11.3 Å². The molecule has 5 heteroatoms. The predicted molar refractivity (Wildman–Crippen MR) is 115 cm³/mol. The molecule has 1 N–H and O–H groups in total. The Morgan fingerprint density at radius 3 is 2.48 bits per heavy atom. The molecular formula is C24H30N2O3. The molecule has 1 aliphatic heterocycles. The van der Waals surface area contributed by atoms with E-state index in [-0.39, 0.29) is 11.8 Å². The molecule has 5 nitrogen and oxygen atoms in total. The molecule has 29 heavy (non-hydrogen) atoms. The van der Waals surface area contributed by atoms with Gasteiger partial charge >= 0.3 is 0 Å². The van der Waals surface area contributed by atoms with Crippen molar-refractivity contribution in [3.05, 3.63) is 59.2 Å². The van der Waals surface area contributed by atoms with Crippen LogP contribution in [0, 0.1) is 13.8 Å². The molecule has 1 fully saturated rings. The average Bonchev–Trinajstić information content (AvgIpc) is 2.75. The second kappa shape index (κ2) is 9.59. The van der Waals surface area contributed by atoms with Crippen LogP contribution in [0.2, 0.25) is 0 Å². The van der Waals surface area contributed by atoms with Crippen LogP contribution in [0.5, 0.6) is 5.75 Å². The van der Waals surface area contributed by atoms with Crippen LogP contribution in [-0.4, -0.2) is 35.9 Å². The number of aryl methyl sites for hydroxylation is 1. The lowest BCUT2D eigenvalue weighted by Crippen LogP contribution is -2.37. The summed E-state index contributed by atoms with van der Waals surface area (Å²) in [6.45, 7) is 7.47. The fourth-order valence-corrected chi connectivity index (χ4v) is 3.59. The molecule has 0 aromatic heterocycles. The first-order valence-electron chi connectivity index (χ1n) is 10.4. The molecule has 2 aromatic rings. The minimum atomic E-state index is -0.631. The van der Waals surface area contributed by atoms with Crippen molar-refractivity contribution >= 4 is 17.5 Å². The summed E-state index contributed by atoms with van der Waals surface area (Å²) in [5, 5.41) is 2.92. The van der Waals surface area contributed by atoms with Gasteiger partial charge in [-0.2, -0.15) is 0 Å². The normalized spacial score (nSPS) is 14.9. The smallest absolute Gasteiger partial charge is 0.265 e. The number of nitrogens with one attached hydrogen (secondary N) is 1. The molecule has 0 saturated carbocycles. The summed E-state index contributed by atoms with van der Waals surface area (Å²) in [5.41, 5.74) is 3.22. The van der Waals surface area contributed by atoms with E-state index in [4.69, 9.17) is 4.74 Å². The van der Waals surface area contributed by atoms with Gasteiger partial charge in [0.2, 0.25) is 0 Å². The summed E-state index contributed by atoms with van der Waals surface area (Å²) in [5.74, 6) is 0.445. The summed E-state index contributed by atoms with van der Waals surface area (Å²) >= 11 is 0. The highest BCUT2D eigenvalue weighted by molar-refractivity contribution is 6.04. The Balaban J connectivity index is 1.75. The second-order valence-electron chi connectivity index (χ2n) is 7.60. The maximum Gasteiger partial charge on any atom is 0.265 e. The van der Waals surface area contributed by atoms with Crippen molar-refractivity contribution in [1.29, 1.82) is 0 Å². The Labute approximate surface area is 173 Å². The average molecular weight is 395 g/mol. The Bertz CT molecular complexity index is 872. The quantitative estimate of drug-likeness (QED) is 0.771. The number of hydrogen-bond acceptors (Lipinski definition) is 3. The highest BCUT2D eigenvalue weighted by Crippen LogP contribution is 2.24. The van der Waals surface area contributed by atoms with Gasteiger partial charge in [-0.05, 0) is 68.9 Å². The van der Waals surface area contributed by atoms with Crippen molar-refractivity contribution in [2.24, 2.45) is 0 Å². The Morgan fingerprint density at radius 2 is 1.76 bits per heavy atom. The van der Waals surface area contributed by atoms with Crippen molar-refractivity contribution in [2.45, 2.75) is 52.6 Å². The first-order chi connectivity index (χ1) is 14.0. The molecule has 1 atom stereocenters. The lowest BCUT2D eigenvalue weighted by Gasteiger charge is -2.27. The molecule has 0 bridgehead atoms. The van der Waals surface area contributed by atoms with Gasteiger partial charge in [-0.25, -0.2) is 0 Å². The van der Waals surface area contributed by atoms with Crippen LogP contribution in [0.3, 0.4) is 0 Å². The van der Waals surface area contributed by atoms with E-state index >= 15 is 0 Å². The number of carbonyl (C=O) groups is 2. The molecular weight excluding hydrogens is 364 g/mol. The van der Waals surface area contributed by atoms with E-state index in [9.17, 15) is 9.59 Å². The minimum Gasteiger partial charge on any atom is -0.480 e. The van der Waals surface area contributed by atoms with Crippen LogP contribution in [0.15, 0.2) is 42.5 Å². The Hall–Kier alpha value is -2.82. The van der Waals surface area contributed by atoms with Crippen molar-refractivity contribution in [3.63, 3.8) is 0 Å². The van der Waals surface area contributed by atoms with Gasteiger partial charge in [0, 0.05) is 13.1 Å². The molecule has 154 valence electrons. The summed E-state index contributed by atoms with van der Waals surface area (Å²) in [6.07, 6.45) is 3.12. The third kappa shape index (κ3) is 4.97. The number of hydrogen-bond donors (Lipinski definition) is 1. The maximum absolute atomic E-state index is 13.0. The van der Waals surface area contributed by atoms with E-state index in [1.165, 1.54) is 0 Å². The van der Waals surface area contributed by atoms with Crippen LogP contribution >= 0.6 is 0 Å². The van der Waals surface area contributed by atoms with E-state index in [2.05, 4.69) is 5.32 Å². The fourth-order valence-electron chi connectivity index (χ4n) is 3.59. The highest BCUT2D eigenvalue weighted by Gasteiger charge is 2.24. The topological polar surface area (TPSA) is 58.6 Å². The molecule has 0 unspecified atom stereocenters. The second-order valence-corrected chi connectivity index (χ2v) is 7.60. The molecule has 0 aliphatic carbocycles. The van der Waals surface area contributed by atoms with Gasteiger partial charge in [0.1, 0.15) is 5.75 Å². The number of carbonyl (C=O) groups excluding carboxylic acids is 2. The lowest BCUT2D eigenvalue weighted by atomic mass is 10.1. The molecule has 2 amide bonds. The summed E-state index contributed by atoms with van der Waals surface area (Å²) in [6, 6.07) is 13.0. The Morgan fingerprint density at radius 1 is 1.03 bits per heavy atom. The SMILES string of the molecule is CC[C@@H](Oc1cccc(C)c1C)C(=O)Nc1ccccc1C(=O)N1CCCCC1. The summed E-state index contributed by atoms with van der Waals surface area (Å²) in [4.78, 5) is 27.8. The molecule has 0 spiro atoms. The van der Waals surface area contributed by atoms with E-state index in [0.29, 0.717) is 23.4 Å². The van der Waals surface area contributed by atoms with Gasteiger partial charge in [-0.15, -0.1) is 0 Å². The number of piperidine rings is 1. The zero-order valence-corrected chi connectivity index (χ0v) is 17.5. The van der Waals surface area contributed by atoms with Crippen LogP contribution in [-0.2, 0) is 4.79 Å². The fraction of sp³-hybridized carbons (Fsp3) is 0.417. The third-order valence-electron chi connectivity index (χ3n) is 5.55. The largest absolute Gasteiger partial charge is 0.480 e. The monoisotopic (exact) mass is 394 g/mol.